The summed E-state index contributed by atoms with van der Waals surface area (Å²) in [5.74, 6) is 0. The van der Waals surface area contributed by atoms with Gasteiger partial charge in [0.25, 0.3) is 0 Å². The van der Waals surface area contributed by atoms with E-state index in [1.165, 1.54) is 11.3 Å². The third kappa shape index (κ3) is 2.40. The van der Waals surface area contributed by atoms with Gasteiger partial charge in [0.1, 0.15) is 6.20 Å². The highest BCUT2D eigenvalue weighted by molar-refractivity contribution is 5.67. The van der Waals surface area contributed by atoms with E-state index < -0.39 is 0 Å². The van der Waals surface area contributed by atoms with E-state index in [0.29, 0.717) is 0 Å². The predicted molar refractivity (Wildman–Crippen MR) is 66.7 cm³/mol. The van der Waals surface area contributed by atoms with Crippen molar-refractivity contribution in [3.05, 3.63) is 54.1 Å². The van der Waals surface area contributed by atoms with E-state index in [4.69, 9.17) is 0 Å². The Kier molecular flexibility index (Phi) is 3.20. The smallest absolute Gasteiger partial charge is 0.239 e. The minimum atomic E-state index is 0.995. The molecule has 2 nitrogen and oxygen atoms in total. The molecule has 1 aromatic heterocycles. The normalized spacial score (nSPS) is 11.1. The number of aromatic nitrogens is 2. The SMILES string of the molecule is CCn1c[n+](C)cc1/C=C/c1ccccc1. The quantitative estimate of drug-likeness (QED) is 0.693. The van der Waals surface area contributed by atoms with Gasteiger partial charge in [0, 0.05) is 0 Å². The zero-order valence-corrected chi connectivity index (χ0v) is 9.80. The van der Waals surface area contributed by atoms with E-state index >= 15 is 0 Å². The minimum absolute atomic E-state index is 0.995. The van der Waals surface area contributed by atoms with Gasteiger partial charge < -0.3 is 0 Å². The Morgan fingerprint density at radius 3 is 2.62 bits per heavy atom. The highest BCUT2D eigenvalue weighted by Gasteiger charge is 2.05. The Balaban J connectivity index is 2.23. The molecule has 0 aliphatic carbocycles. The maximum Gasteiger partial charge on any atom is 0.244 e. The minimum Gasteiger partial charge on any atom is -0.239 e. The van der Waals surface area contributed by atoms with Gasteiger partial charge in [-0.3, -0.25) is 0 Å². The Morgan fingerprint density at radius 1 is 1.19 bits per heavy atom. The molecule has 0 aliphatic rings. The number of hydrogen-bond acceptors (Lipinski definition) is 0. The van der Waals surface area contributed by atoms with Crippen molar-refractivity contribution in [1.82, 2.24) is 4.57 Å². The molecule has 0 unspecified atom stereocenters. The van der Waals surface area contributed by atoms with Gasteiger partial charge in [-0.2, -0.15) is 0 Å². The molecular formula is C14H17N2+. The average molecular weight is 213 g/mol. The van der Waals surface area contributed by atoms with Gasteiger partial charge in [-0.15, -0.1) is 0 Å². The maximum atomic E-state index is 2.22. The lowest BCUT2D eigenvalue weighted by Gasteiger charge is -1.92. The van der Waals surface area contributed by atoms with Gasteiger partial charge in [0.2, 0.25) is 6.33 Å². The second-order valence-corrected chi connectivity index (χ2v) is 3.86. The summed E-state index contributed by atoms with van der Waals surface area (Å²) in [6.07, 6.45) is 8.52. The Bertz CT molecular complexity index is 481. The van der Waals surface area contributed by atoms with Gasteiger partial charge in [-0.1, -0.05) is 36.4 Å². The molecule has 1 aromatic carbocycles. The molecule has 0 atom stereocenters. The highest BCUT2D eigenvalue weighted by Crippen LogP contribution is 2.06. The van der Waals surface area contributed by atoms with Gasteiger partial charge in [0.05, 0.1) is 13.6 Å². The summed E-state index contributed by atoms with van der Waals surface area (Å²) in [4.78, 5) is 0. The molecule has 82 valence electrons. The van der Waals surface area contributed by atoms with Gasteiger partial charge in [-0.25, -0.2) is 9.13 Å². The molecule has 0 N–H and O–H groups in total. The second kappa shape index (κ2) is 4.79. The number of rotatable bonds is 3. The first-order valence-electron chi connectivity index (χ1n) is 5.58. The van der Waals surface area contributed by atoms with Crippen LogP contribution in [0, 0.1) is 0 Å². The Labute approximate surface area is 96.5 Å². The fraction of sp³-hybridized carbons (Fsp3) is 0.214. The zero-order chi connectivity index (χ0) is 11.4. The van der Waals surface area contributed by atoms with E-state index in [9.17, 15) is 0 Å². The molecule has 2 rings (SSSR count). The standard InChI is InChI=1S/C14H17N2/c1-3-16-12-15(2)11-14(16)10-9-13-7-5-4-6-8-13/h4-12H,3H2,1-2H3/q+1/b10-9+. The van der Waals surface area contributed by atoms with Crippen LogP contribution in [0.5, 0.6) is 0 Å². The number of aryl methyl sites for hydroxylation is 2. The summed E-state index contributed by atoms with van der Waals surface area (Å²) < 4.78 is 4.30. The van der Waals surface area contributed by atoms with Crippen molar-refractivity contribution < 1.29 is 4.57 Å². The molecule has 0 spiro atoms. The summed E-state index contributed by atoms with van der Waals surface area (Å²) >= 11 is 0. The largest absolute Gasteiger partial charge is 0.244 e. The zero-order valence-electron chi connectivity index (χ0n) is 9.80. The van der Waals surface area contributed by atoms with Gasteiger partial charge >= 0.3 is 0 Å². The average Bonchev–Trinajstić information content (AvgIpc) is 2.68. The molecule has 16 heavy (non-hydrogen) atoms. The van der Waals surface area contributed by atoms with E-state index in [0.717, 1.165) is 6.54 Å². The molecular weight excluding hydrogens is 196 g/mol. The predicted octanol–water partition coefficient (Wildman–Crippen LogP) is 2.50. The summed E-state index contributed by atoms with van der Waals surface area (Å²) in [6.45, 7) is 3.15. The van der Waals surface area contributed by atoms with E-state index in [1.807, 2.05) is 13.1 Å². The van der Waals surface area contributed by atoms with Crippen LogP contribution in [-0.4, -0.2) is 4.57 Å². The summed E-state index contributed by atoms with van der Waals surface area (Å²) in [5.41, 5.74) is 2.46. The molecule has 0 fully saturated rings. The van der Waals surface area contributed by atoms with Gasteiger partial charge in [0.15, 0.2) is 5.69 Å². The van der Waals surface area contributed by atoms with Crippen LogP contribution in [0.2, 0.25) is 0 Å². The Morgan fingerprint density at radius 2 is 1.94 bits per heavy atom. The first-order valence-corrected chi connectivity index (χ1v) is 5.58. The van der Waals surface area contributed by atoms with Crippen LogP contribution >= 0.6 is 0 Å². The van der Waals surface area contributed by atoms with Crippen LogP contribution in [0.25, 0.3) is 12.2 Å². The molecule has 0 amide bonds. The molecule has 0 saturated carbocycles. The number of imidazole rings is 1. The maximum absolute atomic E-state index is 2.22. The lowest BCUT2D eigenvalue weighted by Crippen LogP contribution is -2.23. The van der Waals surface area contributed by atoms with Crippen molar-refractivity contribution in [1.29, 1.82) is 0 Å². The highest BCUT2D eigenvalue weighted by atomic mass is 15.1. The third-order valence-corrected chi connectivity index (χ3v) is 2.58. The summed E-state index contributed by atoms with van der Waals surface area (Å²) in [6, 6.07) is 10.4. The fourth-order valence-corrected chi connectivity index (χ4v) is 1.75. The monoisotopic (exact) mass is 213 g/mol. The third-order valence-electron chi connectivity index (χ3n) is 2.58. The fourth-order valence-electron chi connectivity index (χ4n) is 1.75. The first kappa shape index (κ1) is 10.7. The van der Waals surface area contributed by atoms with E-state index in [1.54, 1.807) is 0 Å². The molecule has 0 aliphatic heterocycles. The lowest BCUT2D eigenvalue weighted by atomic mass is 10.2. The Hall–Kier alpha value is -1.83. The van der Waals surface area contributed by atoms with Crippen LogP contribution in [0.15, 0.2) is 42.9 Å². The topological polar surface area (TPSA) is 8.81 Å². The number of nitrogens with zero attached hydrogens (tertiary/aromatic N) is 2. The molecule has 2 heteroatoms. The van der Waals surface area contributed by atoms with Gasteiger partial charge in [-0.05, 0) is 18.6 Å². The van der Waals surface area contributed by atoms with Crippen molar-refractivity contribution >= 4 is 12.2 Å². The van der Waals surface area contributed by atoms with E-state index in [2.05, 4.69) is 65.0 Å². The number of hydrogen-bond donors (Lipinski definition) is 0. The van der Waals surface area contributed by atoms with Crippen molar-refractivity contribution in [2.75, 3.05) is 0 Å². The van der Waals surface area contributed by atoms with Crippen molar-refractivity contribution in [2.24, 2.45) is 7.05 Å². The number of benzene rings is 1. The second-order valence-electron chi connectivity index (χ2n) is 3.86. The van der Waals surface area contributed by atoms with Crippen molar-refractivity contribution in [3.8, 4) is 0 Å². The van der Waals surface area contributed by atoms with Crippen LogP contribution < -0.4 is 4.57 Å². The molecule has 0 bridgehead atoms. The van der Waals surface area contributed by atoms with E-state index in [-0.39, 0.29) is 0 Å². The van der Waals surface area contributed by atoms with Crippen LogP contribution in [0.4, 0.5) is 0 Å². The van der Waals surface area contributed by atoms with Crippen LogP contribution in [0.1, 0.15) is 18.2 Å². The molecule has 1 heterocycles. The molecule has 2 aromatic rings. The summed E-state index contributed by atoms with van der Waals surface area (Å²) in [7, 11) is 2.05. The first-order chi connectivity index (χ1) is 7.79. The van der Waals surface area contributed by atoms with Crippen LogP contribution in [0.3, 0.4) is 0 Å². The lowest BCUT2D eigenvalue weighted by molar-refractivity contribution is -0.671. The molecule has 0 radical (unpaired) electrons. The van der Waals surface area contributed by atoms with Crippen LogP contribution in [-0.2, 0) is 13.6 Å². The van der Waals surface area contributed by atoms with Crippen molar-refractivity contribution in [2.45, 2.75) is 13.5 Å². The molecule has 0 saturated heterocycles. The van der Waals surface area contributed by atoms with Crippen molar-refractivity contribution in [3.63, 3.8) is 0 Å². The summed E-state index contributed by atoms with van der Waals surface area (Å²) in [5, 5.41) is 0.